The molecule has 1 aromatic carbocycles. The number of fused-ring (bicyclic) bond motifs is 1. The summed E-state index contributed by atoms with van der Waals surface area (Å²) in [5, 5.41) is 13.9. The van der Waals surface area contributed by atoms with E-state index in [1.807, 2.05) is 29.0 Å². The maximum absolute atomic E-state index is 12.2. The topological polar surface area (TPSA) is 59.8 Å². The van der Waals surface area contributed by atoms with Gasteiger partial charge in [0.15, 0.2) is 0 Å². The molecular weight excluding hydrogens is 296 g/mol. The van der Waals surface area contributed by atoms with E-state index in [1.54, 1.807) is 0 Å². The Kier molecular flexibility index (Phi) is 3.18. The van der Waals surface area contributed by atoms with Gasteiger partial charge in [-0.05, 0) is 37.5 Å². The third-order valence-corrected chi connectivity index (χ3v) is 4.96. The highest BCUT2D eigenvalue weighted by Crippen LogP contribution is 2.42. The molecule has 1 amide bonds. The Morgan fingerprint density at radius 3 is 3.05 bits per heavy atom. The first-order chi connectivity index (χ1) is 10.7. The number of carbonyl (C=O) groups is 1. The van der Waals surface area contributed by atoms with E-state index in [0.717, 1.165) is 10.5 Å². The van der Waals surface area contributed by atoms with Gasteiger partial charge in [-0.3, -0.25) is 10.1 Å². The SMILES string of the molecule is Cc1cccc2c1ccn2CC(=O)Nc1nnc(C2CC2)s1. The second kappa shape index (κ2) is 5.21. The van der Waals surface area contributed by atoms with Crippen LogP contribution in [0.4, 0.5) is 5.13 Å². The standard InChI is InChI=1S/C16H16N4OS/c1-10-3-2-4-13-12(10)7-8-20(13)9-14(21)17-16-19-18-15(22-16)11-5-6-11/h2-4,7-8,11H,5-6,9H2,1H3,(H,17,19,21). The number of nitrogens with one attached hydrogen (secondary N) is 1. The van der Waals surface area contributed by atoms with Crippen LogP contribution in [0.5, 0.6) is 0 Å². The van der Waals surface area contributed by atoms with Crippen LogP contribution >= 0.6 is 11.3 Å². The Morgan fingerprint density at radius 2 is 2.23 bits per heavy atom. The van der Waals surface area contributed by atoms with Crippen molar-refractivity contribution >= 4 is 33.3 Å². The summed E-state index contributed by atoms with van der Waals surface area (Å²) in [5.74, 6) is 0.497. The molecule has 4 rings (SSSR count). The lowest BCUT2D eigenvalue weighted by atomic mass is 10.1. The monoisotopic (exact) mass is 312 g/mol. The van der Waals surface area contributed by atoms with Gasteiger partial charge in [0.2, 0.25) is 11.0 Å². The van der Waals surface area contributed by atoms with Gasteiger partial charge in [0.25, 0.3) is 0 Å². The zero-order valence-corrected chi connectivity index (χ0v) is 13.1. The maximum Gasteiger partial charge on any atom is 0.246 e. The number of aromatic nitrogens is 3. The molecule has 1 N–H and O–H groups in total. The highest BCUT2D eigenvalue weighted by molar-refractivity contribution is 7.15. The number of aryl methyl sites for hydroxylation is 1. The van der Waals surface area contributed by atoms with Crippen LogP contribution in [-0.4, -0.2) is 20.7 Å². The van der Waals surface area contributed by atoms with Gasteiger partial charge in [0.05, 0.1) is 0 Å². The molecule has 3 aromatic rings. The number of hydrogen-bond donors (Lipinski definition) is 1. The summed E-state index contributed by atoms with van der Waals surface area (Å²) in [6, 6.07) is 8.17. The summed E-state index contributed by atoms with van der Waals surface area (Å²) in [5.41, 5.74) is 2.29. The minimum Gasteiger partial charge on any atom is -0.338 e. The highest BCUT2D eigenvalue weighted by atomic mass is 32.1. The number of carbonyl (C=O) groups excluding carboxylic acids is 1. The highest BCUT2D eigenvalue weighted by Gasteiger charge is 2.27. The van der Waals surface area contributed by atoms with Crippen LogP contribution in [-0.2, 0) is 11.3 Å². The molecule has 1 aliphatic rings. The van der Waals surface area contributed by atoms with E-state index in [4.69, 9.17) is 0 Å². The number of amides is 1. The molecule has 5 nitrogen and oxygen atoms in total. The number of anilines is 1. The third-order valence-electron chi connectivity index (χ3n) is 3.96. The molecule has 0 saturated heterocycles. The first-order valence-corrected chi connectivity index (χ1v) is 8.20. The average molecular weight is 312 g/mol. The molecule has 1 fully saturated rings. The molecule has 0 atom stereocenters. The summed E-state index contributed by atoms with van der Waals surface area (Å²) in [6.07, 6.45) is 4.33. The lowest BCUT2D eigenvalue weighted by molar-refractivity contribution is -0.116. The van der Waals surface area contributed by atoms with E-state index in [0.29, 0.717) is 11.0 Å². The number of nitrogens with zero attached hydrogens (tertiary/aromatic N) is 3. The van der Waals surface area contributed by atoms with Crippen LogP contribution < -0.4 is 5.32 Å². The van der Waals surface area contributed by atoms with Crippen LogP contribution in [0.1, 0.15) is 29.3 Å². The van der Waals surface area contributed by atoms with Gasteiger partial charge in [-0.1, -0.05) is 23.5 Å². The summed E-state index contributed by atoms with van der Waals surface area (Å²) < 4.78 is 1.96. The van der Waals surface area contributed by atoms with Crippen LogP contribution in [0.25, 0.3) is 10.9 Å². The molecule has 0 bridgehead atoms. The van der Waals surface area contributed by atoms with Gasteiger partial charge in [0.1, 0.15) is 11.6 Å². The van der Waals surface area contributed by atoms with Gasteiger partial charge < -0.3 is 4.57 Å². The quantitative estimate of drug-likeness (QED) is 0.804. The predicted octanol–water partition coefficient (Wildman–Crippen LogP) is 3.32. The Balaban J connectivity index is 1.49. The van der Waals surface area contributed by atoms with E-state index in [-0.39, 0.29) is 12.5 Å². The van der Waals surface area contributed by atoms with Crippen LogP contribution in [0.3, 0.4) is 0 Å². The largest absolute Gasteiger partial charge is 0.338 e. The summed E-state index contributed by atoms with van der Waals surface area (Å²) in [7, 11) is 0. The number of rotatable bonds is 4. The van der Waals surface area contributed by atoms with Gasteiger partial charge in [-0.2, -0.15) is 0 Å². The van der Waals surface area contributed by atoms with Crippen molar-refractivity contribution in [3.8, 4) is 0 Å². The lowest BCUT2D eigenvalue weighted by Gasteiger charge is -2.05. The molecule has 2 heterocycles. The molecule has 0 radical (unpaired) electrons. The molecular formula is C16H16N4OS. The van der Waals surface area contributed by atoms with Crippen molar-refractivity contribution in [2.75, 3.05) is 5.32 Å². The Bertz CT molecular complexity index is 847. The zero-order valence-electron chi connectivity index (χ0n) is 12.2. The van der Waals surface area contributed by atoms with Crippen molar-refractivity contribution in [1.29, 1.82) is 0 Å². The van der Waals surface area contributed by atoms with Crippen molar-refractivity contribution < 1.29 is 4.79 Å². The average Bonchev–Trinajstić information content (AvgIpc) is 3.12. The molecule has 0 spiro atoms. The predicted molar refractivity (Wildman–Crippen MR) is 87.2 cm³/mol. The molecule has 112 valence electrons. The molecule has 6 heteroatoms. The Morgan fingerprint density at radius 1 is 1.36 bits per heavy atom. The molecule has 1 aliphatic carbocycles. The zero-order chi connectivity index (χ0) is 15.1. The van der Waals surface area contributed by atoms with Gasteiger partial charge >= 0.3 is 0 Å². The molecule has 1 saturated carbocycles. The fraction of sp³-hybridized carbons (Fsp3) is 0.312. The molecule has 2 aromatic heterocycles. The smallest absolute Gasteiger partial charge is 0.246 e. The van der Waals surface area contributed by atoms with Crippen LogP contribution in [0.2, 0.25) is 0 Å². The maximum atomic E-state index is 12.2. The van der Waals surface area contributed by atoms with E-state index in [2.05, 4.69) is 28.5 Å². The lowest BCUT2D eigenvalue weighted by Crippen LogP contribution is -2.18. The van der Waals surface area contributed by atoms with Gasteiger partial charge in [-0.25, -0.2) is 0 Å². The minimum absolute atomic E-state index is 0.0718. The molecule has 0 unspecified atom stereocenters. The summed E-state index contributed by atoms with van der Waals surface area (Å²) in [4.78, 5) is 12.2. The number of benzene rings is 1. The van der Waals surface area contributed by atoms with Gasteiger partial charge in [-0.15, -0.1) is 10.2 Å². The van der Waals surface area contributed by atoms with Crippen molar-refractivity contribution in [3.05, 3.63) is 41.0 Å². The van der Waals surface area contributed by atoms with E-state index in [1.165, 1.54) is 35.1 Å². The Hall–Kier alpha value is -2.21. The molecule has 0 aliphatic heterocycles. The van der Waals surface area contributed by atoms with E-state index < -0.39 is 0 Å². The number of hydrogen-bond acceptors (Lipinski definition) is 4. The van der Waals surface area contributed by atoms with Crippen molar-refractivity contribution in [2.45, 2.75) is 32.2 Å². The minimum atomic E-state index is -0.0718. The first-order valence-electron chi connectivity index (χ1n) is 7.38. The van der Waals surface area contributed by atoms with Crippen molar-refractivity contribution in [1.82, 2.24) is 14.8 Å². The fourth-order valence-corrected chi connectivity index (χ4v) is 3.54. The second-order valence-electron chi connectivity index (χ2n) is 5.72. The van der Waals surface area contributed by atoms with Crippen molar-refractivity contribution in [2.24, 2.45) is 0 Å². The van der Waals surface area contributed by atoms with Crippen LogP contribution in [0, 0.1) is 6.92 Å². The Labute approximate surface area is 132 Å². The summed E-state index contributed by atoms with van der Waals surface area (Å²) >= 11 is 1.49. The van der Waals surface area contributed by atoms with Crippen LogP contribution in [0.15, 0.2) is 30.5 Å². The van der Waals surface area contributed by atoms with Gasteiger partial charge in [0, 0.05) is 23.0 Å². The second-order valence-corrected chi connectivity index (χ2v) is 6.73. The normalized spacial score (nSPS) is 14.4. The van der Waals surface area contributed by atoms with E-state index in [9.17, 15) is 4.79 Å². The van der Waals surface area contributed by atoms with Crippen molar-refractivity contribution in [3.63, 3.8) is 0 Å². The first kappa shape index (κ1) is 13.5. The van der Waals surface area contributed by atoms with E-state index >= 15 is 0 Å². The fourth-order valence-electron chi connectivity index (χ4n) is 2.61. The third kappa shape index (κ3) is 2.50. The molecule has 22 heavy (non-hydrogen) atoms. The summed E-state index contributed by atoms with van der Waals surface area (Å²) in [6.45, 7) is 2.36.